The monoisotopic (exact) mass is 496 g/mol. The number of likely N-dealkylation sites (tertiary alicyclic amines) is 1. The van der Waals surface area contributed by atoms with Crippen molar-refractivity contribution in [2.45, 2.75) is 25.3 Å². The van der Waals surface area contributed by atoms with E-state index in [0.717, 1.165) is 30.2 Å². The number of hydroxylamine groups is 1. The second-order valence-electron chi connectivity index (χ2n) is 8.31. The van der Waals surface area contributed by atoms with Gasteiger partial charge in [-0.05, 0) is 60.1 Å². The summed E-state index contributed by atoms with van der Waals surface area (Å²) in [5, 5.41) is 0. The Morgan fingerprint density at radius 1 is 1.11 bits per heavy atom. The molecule has 0 bridgehead atoms. The number of carbonyl (C=O) groups is 1. The molecular formula is C26H25FN2O5S. The molecule has 0 aliphatic carbocycles. The van der Waals surface area contributed by atoms with Crippen LogP contribution in [0.3, 0.4) is 0 Å². The van der Waals surface area contributed by atoms with Crippen molar-refractivity contribution in [2.24, 2.45) is 0 Å². The van der Waals surface area contributed by atoms with Crippen LogP contribution < -0.4 is 5.48 Å². The highest BCUT2D eigenvalue weighted by atomic mass is 32.2. The lowest BCUT2D eigenvalue weighted by atomic mass is 9.88. The predicted molar refractivity (Wildman–Crippen MR) is 128 cm³/mol. The predicted octanol–water partition coefficient (Wildman–Crippen LogP) is 3.82. The second-order valence-corrected chi connectivity index (χ2v) is 9.89. The Kier molecular flexibility index (Phi) is 7.66. The van der Waals surface area contributed by atoms with E-state index in [-0.39, 0.29) is 29.7 Å². The van der Waals surface area contributed by atoms with Crippen molar-refractivity contribution < 1.29 is 26.3 Å². The van der Waals surface area contributed by atoms with Gasteiger partial charge in [0.15, 0.2) is 11.5 Å². The number of rotatable bonds is 6. The summed E-state index contributed by atoms with van der Waals surface area (Å²) < 4.78 is 46.1. The SMILES string of the molecule is CS(=O)(=O)ONCc1cccc(C2CCN(C(=O)c3ccc(C#Cc4ccccc4F)o3)CC2)c1. The van der Waals surface area contributed by atoms with Gasteiger partial charge in [0, 0.05) is 19.6 Å². The number of carbonyl (C=O) groups excluding carboxylic acids is 1. The zero-order valence-corrected chi connectivity index (χ0v) is 20.0. The molecule has 0 atom stereocenters. The number of furan rings is 1. The molecule has 2 aromatic carbocycles. The number of amides is 1. The van der Waals surface area contributed by atoms with Crippen molar-refractivity contribution in [1.82, 2.24) is 10.4 Å². The third-order valence-corrected chi connectivity index (χ3v) is 6.12. The molecule has 1 aromatic heterocycles. The minimum Gasteiger partial charge on any atom is -0.443 e. The van der Waals surface area contributed by atoms with Crippen molar-refractivity contribution in [1.29, 1.82) is 0 Å². The summed E-state index contributed by atoms with van der Waals surface area (Å²) in [6, 6.07) is 17.3. The first-order chi connectivity index (χ1) is 16.8. The summed E-state index contributed by atoms with van der Waals surface area (Å²) in [4.78, 5) is 14.6. The molecule has 182 valence electrons. The van der Waals surface area contributed by atoms with Crippen LogP contribution in [0.2, 0.25) is 0 Å². The molecule has 1 N–H and O–H groups in total. The lowest BCUT2D eigenvalue weighted by molar-refractivity contribution is 0.0680. The van der Waals surface area contributed by atoms with Gasteiger partial charge in [-0.25, -0.2) is 4.39 Å². The molecule has 0 unspecified atom stereocenters. The molecule has 3 aromatic rings. The fourth-order valence-corrected chi connectivity index (χ4v) is 4.23. The Bertz CT molecular complexity index is 1370. The fraction of sp³-hybridized carbons (Fsp3) is 0.269. The number of piperidine rings is 1. The van der Waals surface area contributed by atoms with E-state index in [9.17, 15) is 17.6 Å². The highest BCUT2D eigenvalue weighted by Gasteiger charge is 2.26. The van der Waals surface area contributed by atoms with Gasteiger partial charge in [-0.2, -0.15) is 18.2 Å². The zero-order valence-electron chi connectivity index (χ0n) is 19.2. The highest BCUT2D eigenvalue weighted by Crippen LogP contribution is 2.29. The summed E-state index contributed by atoms with van der Waals surface area (Å²) in [5.74, 6) is 5.68. The first kappa shape index (κ1) is 24.7. The van der Waals surface area contributed by atoms with Gasteiger partial charge in [0.25, 0.3) is 16.0 Å². The third kappa shape index (κ3) is 6.79. The Morgan fingerprint density at radius 2 is 1.89 bits per heavy atom. The molecule has 1 saturated heterocycles. The van der Waals surface area contributed by atoms with Crippen molar-refractivity contribution >= 4 is 16.0 Å². The average molecular weight is 497 g/mol. The van der Waals surface area contributed by atoms with E-state index in [0.29, 0.717) is 18.8 Å². The lowest BCUT2D eigenvalue weighted by Crippen LogP contribution is -2.37. The highest BCUT2D eigenvalue weighted by molar-refractivity contribution is 7.85. The first-order valence-corrected chi connectivity index (χ1v) is 13.0. The molecule has 0 radical (unpaired) electrons. The molecule has 4 rings (SSSR count). The summed E-state index contributed by atoms with van der Waals surface area (Å²) in [6.07, 6.45) is 2.57. The third-order valence-electron chi connectivity index (χ3n) is 5.70. The summed E-state index contributed by atoms with van der Waals surface area (Å²) in [6.45, 7) is 1.43. The molecule has 7 nitrogen and oxygen atoms in total. The van der Waals surface area contributed by atoms with E-state index >= 15 is 0 Å². The normalized spacial score (nSPS) is 14.4. The first-order valence-electron chi connectivity index (χ1n) is 11.1. The number of halogens is 1. The van der Waals surface area contributed by atoms with Gasteiger partial charge in [0.2, 0.25) is 0 Å². The standard InChI is InChI=1S/C26H25FN2O5S/c1-35(31,32)34-28-18-19-5-4-7-22(17-19)20-13-15-29(16-14-20)26(30)25-12-11-23(33-25)10-9-21-6-2-3-8-24(21)27/h2-8,11-12,17,20,28H,13-16,18H2,1H3. The Morgan fingerprint density at radius 3 is 2.63 bits per heavy atom. The van der Waals surface area contributed by atoms with Crippen LogP contribution in [0.4, 0.5) is 4.39 Å². The maximum absolute atomic E-state index is 13.7. The van der Waals surface area contributed by atoms with Crippen molar-refractivity contribution in [3.8, 4) is 11.8 Å². The maximum Gasteiger partial charge on any atom is 0.289 e. The van der Waals surface area contributed by atoms with Crippen LogP contribution in [-0.4, -0.2) is 38.6 Å². The molecule has 1 aliphatic rings. The lowest BCUT2D eigenvalue weighted by Gasteiger charge is -2.31. The van der Waals surface area contributed by atoms with Gasteiger partial charge < -0.3 is 9.32 Å². The van der Waals surface area contributed by atoms with E-state index in [2.05, 4.69) is 21.6 Å². The van der Waals surface area contributed by atoms with Crippen LogP contribution in [0.1, 0.15) is 51.8 Å². The average Bonchev–Trinajstić information content (AvgIpc) is 3.32. The smallest absolute Gasteiger partial charge is 0.289 e. The number of hydrogen-bond acceptors (Lipinski definition) is 6. The van der Waals surface area contributed by atoms with E-state index in [1.807, 2.05) is 24.3 Å². The minimum absolute atomic E-state index is 0.196. The fourth-order valence-electron chi connectivity index (χ4n) is 3.96. The molecular weight excluding hydrogens is 471 g/mol. The van der Waals surface area contributed by atoms with Gasteiger partial charge in [-0.15, -0.1) is 0 Å². The minimum atomic E-state index is -3.56. The van der Waals surface area contributed by atoms with Crippen LogP contribution in [0, 0.1) is 17.7 Å². The summed E-state index contributed by atoms with van der Waals surface area (Å²) in [5.41, 5.74) is 4.77. The molecule has 9 heteroatoms. The largest absolute Gasteiger partial charge is 0.443 e. The molecule has 0 spiro atoms. The summed E-state index contributed by atoms with van der Waals surface area (Å²) >= 11 is 0. The van der Waals surface area contributed by atoms with Crippen LogP contribution in [0.5, 0.6) is 0 Å². The van der Waals surface area contributed by atoms with Gasteiger partial charge in [0.05, 0.1) is 11.8 Å². The topological polar surface area (TPSA) is 88.9 Å². The maximum atomic E-state index is 13.7. The number of nitrogens with zero attached hydrogens (tertiary/aromatic N) is 1. The second kappa shape index (κ2) is 10.9. The van der Waals surface area contributed by atoms with E-state index in [4.69, 9.17) is 4.42 Å². The van der Waals surface area contributed by atoms with E-state index in [1.54, 1.807) is 35.2 Å². The molecule has 2 heterocycles. The molecule has 35 heavy (non-hydrogen) atoms. The van der Waals surface area contributed by atoms with Gasteiger partial charge in [-0.1, -0.05) is 42.3 Å². The Hall–Kier alpha value is -3.45. The van der Waals surface area contributed by atoms with Crippen LogP contribution in [-0.2, 0) is 20.9 Å². The van der Waals surface area contributed by atoms with Crippen molar-refractivity contribution in [2.75, 3.05) is 19.3 Å². The van der Waals surface area contributed by atoms with Gasteiger partial charge >= 0.3 is 0 Å². The van der Waals surface area contributed by atoms with Gasteiger partial charge in [0.1, 0.15) is 5.82 Å². The number of hydrogen-bond donors (Lipinski definition) is 1. The zero-order chi connectivity index (χ0) is 24.8. The molecule has 1 amide bonds. The van der Waals surface area contributed by atoms with E-state index < -0.39 is 15.9 Å². The number of benzene rings is 2. The molecule has 0 saturated carbocycles. The van der Waals surface area contributed by atoms with E-state index in [1.165, 1.54) is 6.07 Å². The quantitative estimate of drug-likeness (QED) is 0.412. The summed E-state index contributed by atoms with van der Waals surface area (Å²) in [7, 11) is -3.56. The van der Waals surface area contributed by atoms with Gasteiger partial charge in [-0.3, -0.25) is 4.79 Å². The number of nitrogens with one attached hydrogen (secondary N) is 1. The van der Waals surface area contributed by atoms with Crippen LogP contribution >= 0.6 is 0 Å². The molecule has 1 aliphatic heterocycles. The van der Waals surface area contributed by atoms with Crippen LogP contribution in [0.25, 0.3) is 0 Å². The van der Waals surface area contributed by atoms with Crippen LogP contribution in [0.15, 0.2) is 65.1 Å². The van der Waals surface area contributed by atoms with Crippen molar-refractivity contribution in [3.63, 3.8) is 0 Å². The molecule has 1 fully saturated rings. The Labute approximate surface area is 204 Å². The Balaban J connectivity index is 1.33. The van der Waals surface area contributed by atoms with Crippen molar-refractivity contribution in [3.05, 3.63) is 94.7 Å².